The van der Waals surface area contributed by atoms with Crippen LogP contribution in [-0.4, -0.2) is 50.1 Å². The first-order chi connectivity index (χ1) is 12.7. The van der Waals surface area contributed by atoms with Gasteiger partial charge in [0.05, 0.1) is 5.69 Å². The zero-order valence-corrected chi connectivity index (χ0v) is 16.1. The maximum absolute atomic E-state index is 13.3. The van der Waals surface area contributed by atoms with Gasteiger partial charge in [0.2, 0.25) is 5.91 Å². The molecule has 1 N–H and O–H groups in total. The fraction of sp³-hybridized carbons (Fsp3) is 0.350. The van der Waals surface area contributed by atoms with Crippen molar-refractivity contribution in [2.45, 2.75) is 10.1 Å². The summed E-state index contributed by atoms with van der Waals surface area (Å²) in [5.74, 6) is 0.158. The largest absolute Gasteiger partial charge is 0.314 e. The number of nitrogens with one attached hydrogen (secondary N) is 1. The number of rotatable bonds is 4. The molecule has 0 radical (unpaired) electrons. The fourth-order valence-corrected chi connectivity index (χ4v) is 4.83. The van der Waals surface area contributed by atoms with Crippen LogP contribution in [0.5, 0.6) is 0 Å². The van der Waals surface area contributed by atoms with E-state index in [0.717, 1.165) is 55.4 Å². The third-order valence-electron chi connectivity index (χ3n) is 4.91. The molecule has 4 rings (SSSR count). The monoisotopic (exact) mass is 387 g/mol. The number of thioether (sulfide) groups is 1. The van der Waals surface area contributed by atoms with Crippen molar-refractivity contribution in [3.8, 4) is 0 Å². The van der Waals surface area contributed by atoms with E-state index in [4.69, 9.17) is 11.6 Å². The second kappa shape index (κ2) is 8.01. The topological polar surface area (TPSA) is 35.6 Å². The van der Waals surface area contributed by atoms with Gasteiger partial charge in [0.15, 0.2) is 0 Å². The van der Waals surface area contributed by atoms with Crippen LogP contribution < -0.4 is 10.2 Å². The minimum Gasteiger partial charge on any atom is -0.314 e. The predicted octanol–water partition coefficient (Wildman–Crippen LogP) is 3.43. The number of hydrogen-bond acceptors (Lipinski definition) is 4. The summed E-state index contributed by atoms with van der Waals surface area (Å²) < 4.78 is 0. The minimum atomic E-state index is -0.217. The van der Waals surface area contributed by atoms with Gasteiger partial charge in [0.25, 0.3) is 0 Å². The summed E-state index contributed by atoms with van der Waals surface area (Å²) in [5.41, 5.74) is 2.04. The Labute approximate surface area is 163 Å². The quantitative estimate of drug-likeness (QED) is 0.871. The van der Waals surface area contributed by atoms with E-state index in [9.17, 15) is 4.79 Å². The first kappa shape index (κ1) is 17.9. The zero-order valence-electron chi connectivity index (χ0n) is 14.5. The Kier molecular flexibility index (Phi) is 5.50. The SMILES string of the molecule is O=C1C(c2ccc(Cl)cc2)Sc2ccccc2N1CCN1CCNCC1. The van der Waals surface area contributed by atoms with Crippen LogP contribution >= 0.6 is 23.4 Å². The molecular weight excluding hydrogens is 366 g/mol. The highest BCUT2D eigenvalue weighted by Crippen LogP contribution is 2.46. The van der Waals surface area contributed by atoms with E-state index >= 15 is 0 Å². The van der Waals surface area contributed by atoms with Crippen molar-refractivity contribution in [1.82, 2.24) is 10.2 Å². The van der Waals surface area contributed by atoms with Crippen LogP contribution in [0.4, 0.5) is 5.69 Å². The highest BCUT2D eigenvalue weighted by Gasteiger charge is 2.34. The third-order valence-corrected chi connectivity index (χ3v) is 6.47. The lowest BCUT2D eigenvalue weighted by molar-refractivity contribution is -0.118. The van der Waals surface area contributed by atoms with Gasteiger partial charge in [-0.25, -0.2) is 0 Å². The first-order valence-electron chi connectivity index (χ1n) is 8.98. The molecule has 0 spiro atoms. The van der Waals surface area contributed by atoms with E-state index < -0.39 is 0 Å². The lowest BCUT2D eigenvalue weighted by Gasteiger charge is -2.36. The van der Waals surface area contributed by atoms with E-state index in [2.05, 4.69) is 22.3 Å². The van der Waals surface area contributed by atoms with E-state index in [1.807, 2.05) is 41.3 Å². The van der Waals surface area contributed by atoms with Gasteiger partial charge in [-0.15, -0.1) is 11.8 Å². The third kappa shape index (κ3) is 3.76. The number of carbonyl (C=O) groups excluding carboxylic acids is 1. The molecule has 6 heteroatoms. The fourth-order valence-electron chi connectivity index (χ4n) is 3.47. The summed E-state index contributed by atoms with van der Waals surface area (Å²) >= 11 is 7.65. The molecule has 0 aromatic heterocycles. The van der Waals surface area contributed by atoms with Gasteiger partial charge in [0, 0.05) is 49.2 Å². The standard InChI is InChI=1S/C20H22ClN3OS/c21-16-7-5-15(6-8-16)19-20(25)24(14-13-23-11-9-22-10-12-23)17-3-1-2-4-18(17)26-19/h1-8,19,22H,9-14H2. The summed E-state index contributed by atoms with van der Waals surface area (Å²) in [6, 6.07) is 15.8. The molecule has 26 heavy (non-hydrogen) atoms. The summed E-state index contributed by atoms with van der Waals surface area (Å²) in [4.78, 5) is 18.8. The minimum absolute atomic E-state index is 0.158. The van der Waals surface area contributed by atoms with Crippen molar-refractivity contribution >= 4 is 35.0 Å². The molecule has 2 aliphatic heterocycles. The molecule has 2 heterocycles. The Hall–Kier alpha value is -1.53. The van der Waals surface area contributed by atoms with E-state index in [1.165, 1.54) is 0 Å². The second-order valence-corrected chi connectivity index (χ2v) is 8.18. The smallest absolute Gasteiger partial charge is 0.245 e. The molecule has 0 bridgehead atoms. The maximum Gasteiger partial charge on any atom is 0.245 e. The predicted molar refractivity (Wildman–Crippen MR) is 108 cm³/mol. The van der Waals surface area contributed by atoms with Gasteiger partial charge in [-0.2, -0.15) is 0 Å². The Morgan fingerprint density at radius 2 is 1.77 bits per heavy atom. The normalized spacial score (nSPS) is 20.9. The van der Waals surface area contributed by atoms with Gasteiger partial charge in [-0.05, 0) is 29.8 Å². The molecule has 1 unspecified atom stereocenters. The number of amides is 1. The number of hydrogen-bond donors (Lipinski definition) is 1. The Bertz CT molecular complexity index is 777. The molecule has 2 aliphatic rings. The molecule has 2 aromatic rings. The summed E-state index contributed by atoms with van der Waals surface area (Å²) in [6.45, 7) is 5.75. The Morgan fingerprint density at radius 3 is 2.54 bits per heavy atom. The number of carbonyl (C=O) groups is 1. The molecule has 0 aliphatic carbocycles. The molecule has 1 amide bonds. The summed E-state index contributed by atoms with van der Waals surface area (Å²) in [6.07, 6.45) is 0. The number of piperazine rings is 1. The molecule has 4 nitrogen and oxygen atoms in total. The average Bonchev–Trinajstić information content (AvgIpc) is 2.68. The van der Waals surface area contributed by atoms with Crippen LogP contribution in [0, 0.1) is 0 Å². The highest BCUT2D eigenvalue weighted by molar-refractivity contribution is 8.00. The number of para-hydroxylation sites is 1. The zero-order chi connectivity index (χ0) is 17.9. The number of fused-ring (bicyclic) bond motifs is 1. The lowest BCUT2D eigenvalue weighted by Crippen LogP contribution is -2.48. The van der Waals surface area contributed by atoms with E-state index in [0.29, 0.717) is 5.02 Å². The summed E-state index contributed by atoms with van der Waals surface area (Å²) in [5, 5.41) is 3.85. The molecule has 1 saturated heterocycles. The van der Waals surface area contributed by atoms with Crippen molar-refractivity contribution < 1.29 is 4.79 Å². The van der Waals surface area contributed by atoms with Crippen LogP contribution in [0.1, 0.15) is 10.8 Å². The molecule has 136 valence electrons. The second-order valence-electron chi connectivity index (χ2n) is 6.60. The summed E-state index contributed by atoms with van der Waals surface area (Å²) in [7, 11) is 0. The van der Waals surface area contributed by atoms with Crippen molar-refractivity contribution in [3.63, 3.8) is 0 Å². The van der Waals surface area contributed by atoms with Crippen molar-refractivity contribution in [3.05, 3.63) is 59.1 Å². The number of nitrogens with zero attached hydrogens (tertiary/aromatic N) is 2. The van der Waals surface area contributed by atoms with Crippen LogP contribution in [0.3, 0.4) is 0 Å². The highest BCUT2D eigenvalue weighted by atomic mass is 35.5. The number of halogens is 1. The van der Waals surface area contributed by atoms with Gasteiger partial charge in [0.1, 0.15) is 5.25 Å². The first-order valence-corrected chi connectivity index (χ1v) is 10.2. The average molecular weight is 388 g/mol. The van der Waals surface area contributed by atoms with Gasteiger partial charge in [-0.3, -0.25) is 9.69 Å². The van der Waals surface area contributed by atoms with Gasteiger partial charge in [-0.1, -0.05) is 35.9 Å². The number of benzene rings is 2. The lowest BCUT2D eigenvalue weighted by atomic mass is 10.1. The van der Waals surface area contributed by atoms with Gasteiger partial charge >= 0.3 is 0 Å². The van der Waals surface area contributed by atoms with Crippen LogP contribution in [0.15, 0.2) is 53.4 Å². The Morgan fingerprint density at radius 1 is 1.04 bits per heavy atom. The van der Waals surface area contributed by atoms with Crippen LogP contribution in [0.25, 0.3) is 0 Å². The van der Waals surface area contributed by atoms with Gasteiger partial charge < -0.3 is 10.2 Å². The molecular formula is C20H22ClN3OS. The Balaban J connectivity index is 1.58. The molecule has 1 fully saturated rings. The molecule has 1 atom stereocenters. The van der Waals surface area contributed by atoms with Crippen molar-refractivity contribution in [2.75, 3.05) is 44.2 Å². The molecule has 0 saturated carbocycles. The maximum atomic E-state index is 13.3. The van der Waals surface area contributed by atoms with Crippen molar-refractivity contribution in [2.24, 2.45) is 0 Å². The van der Waals surface area contributed by atoms with E-state index in [-0.39, 0.29) is 11.2 Å². The molecule has 2 aromatic carbocycles. The van der Waals surface area contributed by atoms with Crippen molar-refractivity contribution in [1.29, 1.82) is 0 Å². The van der Waals surface area contributed by atoms with Crippen LogP contribution in [-0.2, 0) is 4.79 Å². The van der Waals surface area contributed by atoms with Crippen LogP contribution in [0.2, 0.25) is 5.02 Å². The van der Waals surface area contributed by atoms with E-state index in [1.54, 1.807) is 11.8 Å². The number of anilines is 1.